The first-order chi connectivity index (χ1) is 9.11. The molecular formula is C14H19N3OS. The van der Waals surface area contributed by atoms with Crippen LogP contribution in [0.4, 0.5) is 5.69 Å². The van der Waals surface area contributed by atoms with Gasteiger partial charge in [-0.25, -0.2) is 0 Å². The van der Waals surface area contributed by atoms with Gasteiger partial charge in [0.1, 0.15) is 0 Å². The maximum Gasteiger partial charge on any atom is 0.225 e. The molecule has 0 saturated carbocycles. The minimum Gasteiger partial charge on any atom is -0.326 e. The molecule has 0 heterocycles. The summed E-state index contributed by atoms with van der Waals surface area (Å²) in [7, 11) is 4.07. The molecule has 0 aromatic heterocycles. The van der Waals surface area contributed by atoms with Gasteiger partial charge in [0.05, 0.1) is 11.6 Å². The van der Waals surface area contributed by atoms with Crippen LogP contribution in [0.15, 0.2) is 24.3 Å². The normalized spacial score (nSPS) is 10.2. The quantitative estimate of drug-likeness (QED) is 0.776. The highest BCUT2D eigenvalue weighted by molar-refractivity contribution is 7.99. The van der Waals surface area contributed by atoms with Crippen molar-refractivity contribution in [2.75, 3.05) is 37.5 Å². The molecule has 0 fully saturated rings. The number of nitrogens with one attached hydrogen (secondary N) is 1. The van der Waals surface area contributed by atoms with Crippen LogP contribution in [0.2, 0.25) is 0 Å². The van der Waals surface area contributed by atoms with Crippen molar-refractivity contribution in [2.24, 2.45) is 0 Å². The Morgan fingerprint density at radius 3 is 2.89 bits per heavy atom. The Morgan fingerprint density at radius 2 is 2.21 bits per heavy atom. The summed E-state index contributed by atoms with van der Waals surface area (Å²) >= 11 is 1.77. The second kappa shape index (κ2) is 8.57. The average Bonchev–Trinajstić information content (AvgIpc) is 2.38. The molecule has 1 aromatic rings. The van der Waals surface area contributed by atoms with E-state index in [0.29, 0.717) is 17.7 Å². The van der Waals surface area contributed by atoms with E-state index >= 15 is 0 Å². The molecule has 0 aliphatic heterocycles. The van der Waals surface area contributed by atoms with E-state index in [9.17, 15) is 4.79 Å². The van der Waals surface area contributed by atoms with E-state index in [1.54, 1.807) is 36.0 Å². The molecule has 0 radical (unpaired) electrons. The Morgan fingerprint density at radius 1 is 1.42 bits per heavy atom. The maximum absolute atomic E-state index is 11.7. The third-order valence-electron chi connectivity index (χ3n) is 2.43. The Hall–Kier alpha value is -1.51. The molecule has 0 aliphatic carbocycles. The highest BCUT2D eigenvalue weighted by Gasteiger charge is 2.03. The van der Waals surface area contributed by atoms with Crippen LogP contribution < -0.4 is 5.32 Å². The summed E-state index contributed by atoms with van der Waals surface area (Å²) in [6.07, 6.45) is 0.495. The lowest BCUT2D eigenvalue weighted by molar-refractivity contribution is -0.115. The highest BCUT2D eigenvalue weighted by Crippen LogP contribution is 2.11. The number of anilines is 1. The van der Waals surface area contributed by atoms with Gasteiger partial charge in [-0.3, -0.25) is 4.79 Å². The number of amides is 1. The van der Waals surface area contributed by atoms with E-state index in [1.807, 2.05) is 14.1 Å². The Bertz CT molecular complexity index is 454. The molecule has 102 valence electrons. The third kappa shape index (κ3) is 6.85. The summed E-state index contributed by atoms with van der Waals surface area (Å²) in [6.45, 7) is 1.02. The molecule has 0 bridgehead atoms. The van der Waals surface area contributed by atoms with E-state index in [4.69, 9.17) is 5.26 Å². The summed E-state index contributed by atoms with van der Waals surface area (Å²) in [5.41, 5.74) is 1.24. The van der Waals surface area contributed by atoms with E-state index in [1.165, 1.54) is 0 Å². The number of nitriles is 1. The van der Waals surface area contributed by atoms with Crippen molar-refractivity contribution < 1.29 is 4.79 Å². The van der Waals surface area contributed by atoms with E-state index < -0.39 is 0 Å². The van der Waals surface area contributed by atoms with E-state index in [0.717, 1.165) is 18.1 Å². The summed E-state index contributed by atoms with van der Waals surface area (Å²) in [5, 5.41) is 11.6. The van der Waals surface area contributed by atoms with Gasteiger partial charge >= 0.3 is 0 Å². The van der Waals surface area contributed by atoms with Gasteiger partial charge in [0.25, 0.3) is 0 Å². The van der Waals surface area contributed by atoms with Gasteiger partial charge in [0.15, 0.2) is 0 Å². The molecule has 0 aliphatic rings. The van der Waals surface area contributed by atoms with Gasteiger partial charge in [0.2, 0.25) is 5.91 Å². The van der Waals surface area contributed by atoms with Crippen LogP contribution in [0.1, 0.15) is 12.0 Å². The fraction of sp³-hybridized carbons (Fsp3) is 0.429. The van der Waals surface area contributed by atoms with Crippen molar-refractivity contribution in [1.82, 2.24) is 4.90 Å². The molecule has 0 saturated heterocycles. The van der Waals surface area contributed by atoms with Crippen LogP contribution in [0.25, 0.3) is 0 Å². The zero-order valence-corrected chi connectivity index (χ0v) is 12.2. The van der Waals surface area contributed by atoms with Crippen LogP contribution in [0.5, 0.6) is 0 Å². The van der Waals surface area contributed by atoms with Crippen LogP contribution >= 0.6 is 11.8 Å². The maximum atomic E-state index is 11.7. The lowest BCUT2D eigenvalue weighted by Gasteiger charge is -2.08. The van der Waals surface area contributed by atoms with E-state index in [-0.39, 0.29) is 5.91 Å². The average molecular weight is 277 g/mol. The topological polar surface area (TPSA) is 56.1 Å². The molecule has 1 N–H and O–H groups in total. The van der Waals surface area contributed by atoms with Crippen molar-refractivity contribution in [3.63, 3.8) is 0 Å². The van der Waals surface area contributed by atoms with Crippen molar-refractivity contribution in [2.45, 2.75) is 6.42 Å². The molecule has 1 amide bonds. The molecule has 4 nitrogen and oxygen atoms in total. The summed E-state index contributed by atoms with van der Waals surface area (Å²) in [5.74, 6) is 1.84. The highest BCUT2D eigenvalue weighted by atomic mass is 32.2. The fourth-order valence-corrected chi connectivity index (χ4v) is 2.43. The number of nitrogens with zero attached hydrogens (tertiary/aromatic N) is 2. The minimum atomic E-state index is -0.00700. The standard InChI is InChI=1S/C14H19N3OS/c1-17(2)7-9-19-8-6-14(18)16-13-5-3-4-12(10-13)11-15/h3-5,10H,6-9H2,1-2H3,(H,16,18). The minimum absolute atomic E-state index is 0.00700. The zero-order valence-electron chi connectivity index (χ0n) is 11.3. The number of thioether (sulfide) groups is 1. The van der Waals surface area contributed by atoms with Gasteiger partial charge in [-0.1, -0.05) is 6.07 Å². The monoisotopic (exact) mass is 277 g/mol. The van der Waals surface area contributed by atoms with Gasteiger partial charge in [-0.2, -0.15) is 17.0 Å². The van der Waals surface area contributed by atoms with Crippen molar-refractivity contribution in [3.05, 3.63) is 29.8 Å². The molecule has 0 spiro atoms. The van der Waals surface area contributed by atoms with Crippen LogP contribution in [-0.2, 0) is 4.79 Å². The summed E-state index contributed by atoms with van der Waals surface area (Å²) in [4.78, 5) is 13.8. The SMILES string of the molecule is CN(C)CCSCCC(=O)Nc1cccc(C#N)c1. The third-order valence-corrected chi connectivity index (χ3v) is 3.40. The Kier molecular flexibility index (Phi) is 7.01. The second-order valence-corrected chi connectivity index (χ2v) is 5.63. The molecular weight excluding hydrogens is 258 g/mol. The van der Waals surface area contributed by atoms with Crippen molar-refractivity contribution in [3.8, 4) is 6.07 Å². The second-order valence-electron chi connectivity index (χ2n) is 4.41. The smallest absolute Gasteiger partial charge is 0.225 e. The van der Waals surface area contributed by atoms with Gasteiger partial charge in [0, 0.05) is 30.2 Å². The summed E-state index contributed by atoms with van der Waals surface area (Å²) < 4.78 is 0. The van der Waals surface area contributed by atoms with Gasteiger partial charge < -0.3 is 10.2 Å². The van der Waals surface area contributed by atoms with Crippen molar-refractivity contribution in [1.29, 1.82) is 5.26 Å². The first-order valence-corrected chi connectivity index (χ1v) is 7.30. The predicted molar refractivity (Wildman–Crippen MR) is 80.3 cm³/mol. The van der Waals surface area contributed by atoms with Gasteiger partial charge in [-0.05, 0) is 32.3 Å². The number of rotatable bonds is 7. The summed E-state index contributed by atoms with van der Waals surface area (Å²) in [6, 6.07) is 9.00. The lowest BCUT2D eigenvalue weighted by atomic mass is 10.2. The largest absolute Gasteiger partial charge is 0.326 e. The zero-order chi connectivity index (χ0) is 14.1. The Labute approximate surface area is 118 Å². The molecule has 1 rings (SSSR count). The fourth-order valence-electron chi connectivity index (χ4n) is 1.40. The van der Waals surface area contributed by atoms with Crippen molar-refractivity contribution >= 4 is 23.4 Å². The predicted octanol–water partition coefficient (Wildman–Crippen LogP) is 2.18. The van der Waals surface area contributed by atoms with Crippen LogP contribution in [-0.4, -0.2) is 43.0 Å². The Balaban J connectivity index is 2.25. The molecule has 5 heteroatoms. The first-order valence-electron chi connectivity index (χ1n) is 6.14. The van der Waals surface area contributed by atoms with Crippen LogP contribution in [0, 0.1) is 11.3 Å². The number of carbonyl (C=O) groups is 1. The number of hydrogen-bond donors (Lipinski definition) is 1. The lowest BCUT2D eigenvalue weighted by Crippen LogP contribution is -2.16. The number of benzene rings is 1. The number of hydrogen-bond acceptors (Lipinski definition) is 4. The molecule has 0 unspecified atom stereocenters. The van der Waals surface area contributed by atoms with Crippen LogP contribution in [0.3, 0.4) is 0 Å². The first kappa shape index (κ1) is 15.5. The number of carbonyl (C=O) groups excluding carboxylic acids is 1. The molecule has 0 atom stereocenters. The van der Waals surface area contributed by atoms with E-state index in [2.05, 4.69) is 16.3 Å². The molecule has 19 heavy (non-hydrogen) atoms. The molecule has 1 aromatic carbocycles. The van der Waals surface area contributed by atoms with Gasteiger partial charge in [-0.15, -0.1) is 0 Å².